The van der Waals surface area contributed by atoms with Gasteiger partial charge in [0.05, 0.1) is 5.69 Å². The fourth-order valence-corrected chi connectivity index (χ4v) is 3.80. The summed E-state index contributed by atoms with van der Waals surface area (Å²) in [6.45, 7) is 6.46. The van der Waals surface area contributed by atoms with Gasteiger partial charge in [0.25, 0.3) is 0 Å². The highest BCUT2D eigenvalue weighted by Gasteiger charge is 2.24. The summed E-state index contributed by atoms with van der Waals surface area (Å²) in [5.74, 6) is 0.896. The Morgan fingerprint density at radius 3 is 2.44 bits per heavy atom. The zero-order chi connectivity index (χ0) is 13.3. The number of hydrogen-bond donors (Lipinski definition) is 1. The second-order valence-electron chi connectivity index (χ2n) is 5.76. The van der Waals surface area contributed by atoms with Crippen LogP contribution in [0.15, 0.2) is 0 Å². The van der Waals surface area contributed by atoms with Gasteiger partial charge in [-0.25, -0.2) is 4.98 Å². The van der Waals surface area contributed by atoms with Gasteiger partial charge in [0.1, 0.15) is 0 Å². The van der Waals surface area contributed by atoms with E-state index in [4.69, 9.17) is 10.7 Å². The average Bonchev–Trinajstić information content (AvgIpc) is 2.71. The summed E-state index contributed by atoms with van der Waals surface area (Å²) in [5.41, 5.74) is 7.07. The summed E-state index contributed by atoms with van der Waals surface area (Å²) < 4.78 is 0. The molecule has 1 aromatic heterocycles. The first kappa shape index (κ1) is 13.8. The van der Waals surface area contributed by atoms with Gasteiger partial charge in [0, 0.05) is 24.0 Å². The van der Waals surface area contributed by atoms with Gasteiger partial charge in [0.15, 0.2) is 5.13 Å². The van der Waals surface area contributed by atoms with Crippen LogP contribution in [-0.2, 0) is 0 Å². The second kappa shape index (κ2) is 5.57. The standard InChI is InChI=1S/C14H25N3S/c1-9-5-7-12(8-6-9)17(4)14-16-11(3)13(18-14)10(2)15/h9-10,12H,5-8,15H2,1-4H3. The molecular weight excluding hydrogens is 242 g/mol. The molecule has 1 fully saturated rings. The number of aryl methyl sites for hydroxylation is 1. The Labute approximate surface area is 114 Å². The third-order valence-corrected chi connectivity index (χ3v) is 5.52. The van der Waals surface area contributed by atoms with Gasteiger partial charge in [0.2, 0.25) is 0 Å². The van der Waals surface area contributed by atoms with Crippen molar-refractivity contribution in [1.82, 2.24) is 4.98 Å². The van der Waals surface area contributed by atoms with Crippen LogP contribution < -0.4 is 10.6 Å². The fourth-order valence-electron chi connectivity index (χ4n) is 2.75. The van der Waals surface area contributed by atoms with Gasteiger partial charge >= 0.3 is 0 Å². The molecule has 0 saturated heterocycles. The minimum Gasteiger partial charge on any atom is -0.348 e. The molecule has 3 nitrogen and oxygen atoms in total. The van der Waals surface area contributed by atoms with Crippen molar-refractivity contribution in [2.24, 2.45) is 11.7 Å². The lowest BCUT2D eigenvalue weighted by atomic mass is 9.87. The Kier molecular flexibility index (Phi) is 4.28. The highest BCUT2D eigenvalue weighted by Crippen LogP contribution is 2.34. The monoisotopic (exact) mass is 267 g/mol. The van der Waals surface area contributed by atoms with Gasteiger partial charge in [-0.1, -0.05) is 6.92 Å². The summed E-state index contributed by atoms with van der Waals surface area (Å²) in [6.07, 6.45) is 5.28. The predicted octanol–water partition coefficient (Wildman–Crippen LogP) is 3.49. The van der Waals surface area contributed by atoms with Crippen LogP contribution in [0.3, 0.4) is 0 Å². The van der Waals surface area contributed by atoms with Crippen molar-refractivity contribution in [3.63, 3.8) is 0 Å². The van der Waals surface area contributed by atoms with Gasteiger partial charge in [-0.15, -0.1) is 11.3 Å². The van der Waals surface area contributed by atoms with Crippen LogP contribution in [0.25, 0.3) is 0 Å². The number of nitrogens with two attached hydrogens (primary N) is 1. The number of rotatable bonds is 3. The lowest BCUT2D eigenvalue weighted by Crippen LogP contribution is -2.34. The van der Waals surface area contributed by atoms with E-state index in [1.807, 2.05) is 6.92 Å². The van der Waals surface area contributed by atoms with E-state index in [0.717, 1.165) is 16.7 Å². The first-order chi connectivity index (χ1) is 8.49. The molecule has 0 radical (unpaired) electrons. The molecule has 1 aromatic rings. The van der Waals surface area contributed by atoms with Crippen molar-refractivity contribution in [3.8, 4) is 0 Å². The van der Waals surface area contributed by atoms with Crippen LogP contribution in [0, 0.1) is 12.8 Å². The van der Waals surface area contributed by atoms with E-state index in [2.05, 4.69) is 25.8 Å². The molecule has 1 atom stereocenters. The molecular formula is C14H25N3S. The van der Waals surface area contributed by atoms with E-state index in [-0.39, 0.29) is 6.04 Å². The quantitative estimate of drug-likeness (QED) is 0.911. The van der Waals surface area contributed by atoms with Crippen LogP contribution in [0.1, 0.15) is 56.1 Å². The number of nitrogens with zero attached hydrogens (tertiary/aromatic N) is 2. The summed E-state index contributed by atoms with van der Waals surface area (Å²) in [6, 6.07) is 0.753. The lowest BCUT2D eigenvalue weighted by Gasteiger charge is -2.33. The van der Waals surface area contributed by atoms with Crippen LogP contribution in [0.4, 0.5) is 5.13 Å². The Bertz CT molecular complexity index is 392. The van der Waals surface area contributed by atoms with Crippen molar-refractivity contribution in [3.05, 3.63) is 10.6 Å². The molecule has 0 aromatic carbocycles. The maximum absolute atomic E-state index is 5.98. The molecule has 1 heterocycles. The molecule has 4 heteroatoms. The number of anilines is 1. The summed E-state index contributed by atoms with van der Waals surface area (Å²) >= 11 is 1.76. The Hall–Kier alpha value is -0.610. The molecule has 1 aliphatic rings. The lowest BCUT2D eigenvalue weighted by molar-refractivity contribution is 0.340. The number of thiazole rings is 1. The van der Waals surface area contributed by atoms with Gasteiger partial charge in [-0.05, 0) is 45.4 Å². The molecule has 18 heavy (non-hydrogen) atoms. The fraction of sp³-hybridized carbons (Fsp3) is 0.786. The van der Waals surface area contributed by atoms with E-state index in [1.54, 1.807) is 11.3 Å². The van der Waals surface area contributed by atoms with Crippen LogP contribution >= 0.6 is 11.3 Å². The van der Waals surface area contributed by atoms with Gasteiger partial charge < -0.3 is 10.6 Å². The molecule has 0 spiro atoms. The van der Waals surface area contributed by atoms with E-state index in [9.17, 15) is 0 Å². The minimum atomic E-state index is 0.0935. The van der Waals surface area contributed by atoms with E-state index in [0.29, 0.717) is 6.04 Å². The third kappa shape index (κ3) is 2.86. The molecule has 102 valence electrons. The van der Waals surface area contributed by atoms with Crippen LogP contribution in [0.2, 0.25) is 0 Å². The molecule has 0 bridgehead atoms. The number of aromatic nitrogens is 1. The molecule has 0 aliphatic heterocycles. The predicted molar refractivity (Wildman–Crippen MR) is 79.3 cm³/mol. The van der Waals surface area contributed by atoms with E-state index >= 15 is 0 Å². The van der Waals surface area contributed by atoms with E-state index < -0.39 is 0 Å². The third-order valence-electron chi connectivity index (χ3n) is 4.07. The van der Waals surface area contributed by atoms with Gasteiger partial charge in [-0.2, -0.15) is 0 Å². The van der Waals surface area contributed by atoms with Crippen molar-refractivity contribution in [2.45, 2.75) is 58.5 Å². The highest BCUT2D eigenvalue weighted by molar-refractivity contribution is 7.15. The van der Waals surface area contributed by atoms with Gasteiger partial charge in [-0.3, -0.25) is 0 Å². The summed E-state index contributed by atoms with van der Waals surface area (Å²) in [5, 5.41) is 1.14. The smallest absolute Gasteiger partial charge is 0.185 e. The second-order valence-corrected chi connectivity index (χ2v) is 6.77. The molecule has 2 rings (SSSR count). The summed E-state index contributed by atoms with van der Waals surface area (Å²) in [7, 11) is 2.18. The summed E-state index contributed by atoms with van der Waals surface area (Å²) in [4.78, 5) is 8.28. The van der Waals surface area contributed by atoms with Crippen LogP contribution in [0.5, 0.6) is 0 Å². The number of hydrogen-bond acceptors (Lipinski definition) is 4. The van der Waals surface area contributed by atoms with Crippen molar-refractivity contribution in [2.75, 3.05) is 11.9 Å². The maximum atomic E-state index is 5.98. The SMILES string of the molecule is Cc1nc(N(C)C2CCC(C)CC2)sc1C(C)N. The van der Waals surface area contributed by atoms with Crippen LogP contribution in [-0.4, -0.2) is 18.1 Å². The van der Waals surface area contributed by atoms with E-state index in [1.165, 1.54) is 30.6 Å². The topological polar surface area (TPSA) is 42.2 Å². The Morgan fingerprint density at radius 2 is 1.94 bits per heavy atom. The highest BCUT2D eigenvalue weighted by atomic mass is 32.1. The molecule has 0 amide bonds. The zero-order valence-electron chi connectivity index (χ0n) is 11.9. The van der Waals surface area contributed by atoms with Crippen molar-refractivity contribution >= 4 is 16.5 Å². The Morgan fingerprint density at radius 1 is 1.33 bits per heavy atom. The van der Waals surface area contributed by atoms with Crippen molar-refractivity contribution in [1.29, 1.82) is 0 Å². The molecule has 1 aliphatic carbocycles. The molecule has 2 N–H and O–H groups in total. The molecule has 1 saturated carbocycles. The minimum absolute atomic E-state index is 0.0935. The first-order valence-electron chi connectivity index (χ1n) is 6.94. The maximum Gasteiger partial charge on any atom is 0.185 e. The zero-order valence-corrected chi connectivity index (χ0v) is 12.8. The molecule has 1 unspecified atom stereocenters. The first-order valence-corrected chi connectivity index (χ1v) is 7.76. The Balaban J connectivity index is 2.09. The normalized spacial score (nSPS) is 26.1. The average molecular weight is 267 g/mol. The van der Waals surface area contributed by atoms with Crippen molar-refractivity contribution < 1.29 is 0 Å². The largest absolute Gasteiger partial charge is 0.348 e.